The number of aliphatic carboxylic acids is 2. The molecule has 310 valence electrons. The number of carbonyl (C=O) groups excluding carboxylic acids is 8. The Morgan fingerprint density at radius 2 is 0.945 bits per heavy atom. The van der Waals surface area contributed by atoms with Crippen LogP contribution in [-0.2, 0) is 47.9 Å². The van der Waals surface area contributed by atoms with Gasteiger partial charge in [0.05, 0.1) is 32.5 Å². The summed E-state index contributed by atoms with van der Waals surface area (Å²) in [6, 6.07) is -12.5. The zero-order valence-corrected chi connectivity index (χ0v) is 29.7. The molecule has 1 aliphatic heterocycles. The Morgan fingerprint density at radius 1 is 0.582 bits per heavy atom. The molecule has 0 unspecified atom stereocenters. The van der Waals surface area contributed by atoms with Crippen LogP contribution in [0.2, 0.25) is 0 Å². The predicted molar refractivity (Wildman–Crippen MR) is 181 cm³/mol. The smallest absolute Gasteiger partial charge is 0.325 e. The van der Waals surface area contributed by atoms with Gasteiger partial charge in [0.1, 0.15) is 42.3 Å². The van der Waals surface area contributed by atoms with Crippen molar-refractivity contribution in [2.45, 2.75) is 93.8 Å². The van der Waals surface area contributed by atoms with Crippen molar-refractivity contribution in [2.24, 2.45) is 5.73 Å². The number of nitrogens with one attached hydrogen (secondary N) is 8. The fourth-order valence-corrected chi connectivity index (χ4v) is 4.79. The van der Waals surface area contributed by atoms with Gasteiger partial charge in [0, 0.05) is 12.8 Å². The Balaban J connectivity index is 3.00. The fraction of sp³-hybridized carbons (Fsp3) is 0.667. The van der Waals surface area contributed by atoms with Gasteiger partial charge in [-0.1, -0.05) is 0 Å². The molecule has 0 bridgehead atoms. The first-order valence-electron chi connectivity index (χ1n) is 16.9. The number of carboxylic acids is 2. The van der Waals surface area contributed by atoms with E-state index in [0.717, 1.165) is 6.92 Å². The van der Waals surface area contributed by atoms with Crippen LogP contribution < -0.4 is 48.3 Å². The fourth-order valence-electron chi connectivity index (χ4n) is 4.79. The largest absolute Gasteiger partial charge is 0.481 e. The van der Waals surface area contributed by atoms with E-state index < -0.39 is 160 Å². The van der Waals surface area contributed by atoms with E-state index >= 15 is 0 Å². The maximum atomic E-state index is 13.1. The normalized spacial score (nSPS) is 17.4. The quantitative estimate of drug-likeness (QED) is 0.0408. The molecule has 1 rings (SSSR count). The average molecular weight is 792 g/mol. The van der Waals surface area contributed by atoms with E-state index in [2.05, 4.69) is 26.6 Å². The van der Waals surface area contributed by atoms with E-state index in [1.54, 1.807) is 0 Å². The Labute approximate surface area is 312 Å². The number of aliphatic hydroxyl groups excluding tert-OH is 4. The summed E-state index contributed by atoms with van der Waals surface area (Å²) in [5.41, 5.74) is 5.17. The summed E-state index contributed by atoms with van der Waals surface area (Å²) in [5, 5.41) is 74.8. The highest BCUT2D eigenvalue weighted by molar-refractivity contribution is 5.98. The van der Waals surface area contributed by atoms with Crippen LogP contribution in [0.15, 0.2) is 0 Å². The van der Waals surface area contributed by atoms with E-state index in [1.165, 1.54) is 0 Å². The van der Waals surface area contributed by atoms with E-state index in [-0.39, 0.29) is 0 Å². The van der Waals surface area contributed by atoms with E-state index in [1.807, 2.05) is 16.0 Å². The molecule has 16 N–H and O–H groups in total. The van der Waals surface area contributed by atoms with Gasteiger partial charge < -0.3 is 78.9 Å². The monoisotopic (exact) mass is 791 g/mol. The van der Waals surface area contributed by atoms with Gasteiger partial charge in [-0.15, -0.1) is 0 Å². The summed E-state index contributed by atoms with van der Waals surface area (Å²) in [6.45, 7) is -2.64. The molecule has 1 saturated heterocycles. The van der Waals surface area contributed by atoms with E-state index in [9.17, 15) is 68.4 Å². The van der Waals surface area contributed by atoms with Crippen molar-refractivity contribution in [2.75, 3.05) is 33.0 Å². The molecule has 25 heteroatoms. The zero-order chi connectivity index (χ0) is 41.8. The molecule has 0 aliphatic carbocycles. The predicted octanol–water partition coefficient (Wildman–Crippen LogP) is -8.66. The summed E-state index contributed by atoms with van der Waals surface area (Å²) in [6.07, 6.45) is -0.913. The van der Waals surface area contributed by atoms with Crippen LogP contribution in [0.5, 0.6) is 0 Å². The lowest BCUT2D eigenvalue weighted by Gasteiger charge is -2.26. The molecular weight excluding hydrogens is 742 g/mol. The SMILES string of the molecule is C[C@H](NC(=O)[C@H](CCC(=O)O)NC(=O)[C@H](CO)NC(=O)[C@H](CO)NC(=O)[C@H](CO)NC(=O)[C@H](CCC(N)=O)NC(=O)[C@H](CO)NC(=O)[C@@H]1CCCN1)C(=O)O. The van der Waals surface area contributed by atoms with E-state index in [4.69, 9.17) is 15.9 Å². The lowest BCUT2D eigenvalue weighted by atomic mass is 10.1. The first kappa shape index (κ1) is 47.5. The number of amides is 8. The number of hydrogen-bond donors (Lipinski definition) is 15. The summed E-state index contributed by atoms with van der Waals surface area (Å²) in [7, 11) is 0. The first-order valence-corrected chi connectivity index (χ1v) is 16.9. The molecule has 1 fully saturated rings. The number of carboxylic acid groups (broad SMARTS) is 2. The minimum Gasteiger partial charge on any atom is -0.481 e. The molecule has 8 amide bonds. The molecule has 0 aromatic heterocycles. The van der Waals surface area contributed by atoms with Crippen LogP contribution in [-0.4, -0.2) is 171 Å². The Bertz CT molecular complexity index is 1410. The summed E-state index contributed by atoms with van der Waals surface area (Å²) in [5.74, 6) is -11.5. The summed E-state index contributed by atoms with van der Waals surface area (Å²) < 4.78 is 0. The maximum absolute atomic E-state index is 13.1. The first-order chi connectivity index (χ1) is 25.9. The molecule has 0 spiro atoms. The van der Waals surface area contributed by atoms with Gasteiger partial charge in [-0.05, 0) is 39.2 Å². The number of primary amides is 1. The number of nitrogens with two attached hydrogens (primary N) is 1. The molecule has 25 nitrogen and oxygen atoms in total. The molecular formula is C30H49N9O16. The third kappa shape index (κ3) is 16.6. The minimum atomic E-state index is -1.91. The highest BCUT2D eigenvalue weighted by atomic mass is 16.4. The third-order valence-corrected chi connectivity index (χ3v) is 7.96. The highest BCUT2D eigenvalue weighted by Crippen LogP contribution is 2.06. The second-order valence-electron chi connectivity index (χ2n) is 12.3. The Hall–Kier alpha value is -5.50. The lowest BCUT2D eigenvalue weighted by Crippen LogP contribution is -2.61. The van der Waals surface area contributed by atoms with Crippen LogP contribution in [0.4, 0.5) is 0 Å². The van der Waals surface area contributed by atoms with Gasteiger partial charge in [-0.25, -0.2) is 0 Å². The molecule has 0 aromatic rings. The van der Waals surface area contributed by atoms with Gasteiger partial charge in [-0.3, -0.25) is 47.9 Å². The number of rotatable bonds is 25. The topological polar surface area (TPSA) is 414 Å². The summed E-state index contributed by atoms with van der Waals surface area (Å²) >= 11 is 0. The number of aliphatic hydroxyl groups is 4. The van der Waals surface area contributed by atoms with Crippen LogP contribution >= 0.6 is 0 Å². The highest BCUT2D eigenvalue weighted by Gasteiger charge is 2.34. The maximum Gasteiger partial charge on any atom is 0.325 e. The third-order valence-electron chi connectivity index (χ3n) is 7.96. The van der Waals surface area contributed by atoms with Crippen LogP contribution in [0.1, 0.15) is 45.4 Å². The van der Waals surface area contributed by atoms with Gasteiger partial charge in [0.2, 0.25) is 47.3 Å². The Morgan fingerprint density at radius 3 is 1.29 bits per heavy atom. The Kier molecular flexibility index (Phi) is 20.8. The van der Waals surface area contributed by atoms with Gasteiger partial charge in [-0.2, -0.15) is 0 Å². The van der Waals surface area contributed by atoms with Crippen LogP contribution in [0.25, 0.3) is 0 Å². The van der Waals surface area contributed by atoms with Crippen molar-refractivity contribution in [3.63, 3.8) is 0 Å². The van der Waals surface area contributed by atoms with Crippen LogP contribution in [0.3, 0.4) is 0 Å². The molecule has 8 atom stereocenters. The number of hydrogen-bond acceptors (Lipinski definition) is 15. The molecule has 1 aliphatic rings. The van der Waals surface area contributed by atoms with Crippen molar-refractivity contribution in [3.8, 4) is 0 Å². The molecule has 55 heavy (non-hydrogen) atoms. The summed E-state index contributed by atoms with van der Waals surface area (Å²) in [4.78, 5) is 123. The second kappa shape index (κ2) is 24.0. The van der Waals surface area contributed by atoms with Crippen molar-refractivity contribution in [1.82, 2.24) is 42.5 Å². The van der Waals surface area contributed by atoms with Gasteiger partial charge in [0.15, 0.2) is 0 Å². The average Bonchev–Trinajstić information content (AvgIpc) is 3.68. The standard InChI is InChI=1S/C30H49N9O16/c1-13(30(54)55)33-24(48)16(5-7-22(45)46)35-27(51)18(10-41)38-29(53)20(12-43)39-28(52)19(11-42)37-25(49)15(4-6-21(31)44)34-26(50)17(9-40)36-23(47)14-3-2-8-32-14/h13-20,32,40-43H,2-12H2,1H3,(H2,31,44)(H,33,48)(H,34,50)(H,35,51)(H,36,47)(H,37,49)(H,38,53)(H,39,52)(H,45,46)(H,54,55)/t13-,14-,15-,16-,17-,18-,19-,20-/m0/s1. The zero-order valence-electron chi connectivity index (χ0n) is 29.7. The van der Waals surface area contributed by atoms with Crippen molar-refractivity contribution < 1.29 is 78.6 Å². The minimum absolute atomic E-state index is 0.438. The van der Waals surface area contributed by atoms with E-state index in [0.29, 0.717) is 19.4 Å². The van der Waals surface area contributed by atoms with Crippen LogP contribution in [0, 0.1) is 0 Å². The molecule has 1 heterocycles. The van der Waals surface area contributed by atoms with Crippen molar-refractivity contribution in [3.05, 3.63) is 0 Å². The molecule has 0 saturated carbocycles. The van der Waals surface area contributed by atoms with Gasteiger partial charge in [0.25, 0.3) is 0 Å². The van der Waals surface area contributed by atoms with Crippen molar-refractivity contribution in [1.29, 1.82) is 0 Å². The molecule has 0 aromatic carbocycles. The number of carbonyl (C=O) groups is 10. The second-order valence-corrected chi connectivity index (χ2v) is 12.3. The van der Waals surface area contributed by atoms with Gasteiger partial charge >= 0.3 is 11.9 Å². The lowest BCUT2D eigenvalue weighted by molar-refractivity contribution is -0.142. The van der Waals surface area contributed by atoms with Crippen molar-refractivity contribution >= 4 is 59.2 Å². The molecule has 0 radical (unpaired) electrons.